The number of para-hydroxylation sites is 1. The molecule has 194 valence electrons. The average Bonchev–Trinajstić information content (AvgIpc) is 3.65. The predicted octanol–water partition coefficient (Wildman–Crippen LogP) is 6.18. The maximum Gasteiger partial charge on any atom is 0.297 e. The third-order valence-corrected chi connectivity index (χ3v) is 8.69. The van der Waals surface area contributed by atoms with E-state index in [2.05, 4.69) is 10.2 Å². The lowest BCUT2D eigenvalue weighted by molar-refractivity contribution is -0.135. The quantitative estimate of drug-likeness (QED) is 0.0776. The highest BCUT2D eigenvalue weighted by Gasteiger charge is 2.54. The van der Waals surface area contributed by atoms with Gasteiger partial charge in [0.1, 0.15) is 17.3 Å². The molecule has 0 saturated carbocycles. The largest absolute Gasteiger partial charge is 0.453 e. The molecule has 2 unspecified atom stereocenters. The number of ketones is 2. The highest BCUT2D eigenvalue weighted by atomic mass is 32.2. The van der Waals surface area contributed by atoms with Gasteiger partial charge in [0.25, 0.3) is 5.91 Å². The van der Waals surface area contributed by atoms with Crippen molar-refractivity contribution in [3.63, 3.8) is 0 Å². The number of Topliss-reactive ketones (excluding diaryl/α,β-unsaturated/α-hetero) is 2. The monoisotopic (exact) mass is 557 g/mol. The highest BCUT2D eigenvalue weighted by Crippen LogP contribution is 2.44. The summed E-state index contributed by atoms with van der Waals surface area (Å²) in [4.78, 5) is 41.5. The minimum atomic E-state index is -1.51. The molecule has 1 fully saturated rings. The number of hydrogen-bond donors (Lipinski definition) is 0. The number of hydrogen-bond acceptors (Lipinski definition) is 8. The first-order valence-electron chi connectivity index (χ1n) is 12.1. The number of amides is 1. The fraction of sp³-hybridized carbons (Fsp3) is 0.138. The zero-order valence-corrected chi connectivity index (χ0v) is 22.2. The predicted molar refractivity (Wildman–Crippen MR) is 146 cm³/mol. The maximum absolute atomic E-state index is 15.1. The van der Waals surface area contributed by atoms with E-state index in [1.54, 1.807) is 30.3 Å². The number of rotatable bonds is 7. The minimum Gasteiger partial charge on any atom is -0.453 e. The highest BCUT2D eigenvalue weighted by molar-refractivity contribution is 8.00. The van der Waals surface area contributed by atoms with E-state index in [4.69, 9.17) is 4.42 Å². The summed E-state index contributed by atoms with van der Waals surface area (Å²) in [6.45, 7) is 2.01. The number of nitrogens with zero attached hydrogens (tertiary/aromatic N) is 3. The van der Waals surface area contributed by atoms with Crippen molar-refractivity contribution in [1.82, 2.24) is 10.2 Å². The van der Waals surface area contributed by atoms with E-state index in [0.29, 0.717) is 21.1 Å². The first kappa shape index (κ1) is 25.1. The topological polar surface area (TPSA) is 93.4 Å². The van der Waals surface area contributed by atoms with Crippen LogP contribution in [-0.4, -0.2) is 27.7 Å². The average molecular weight is 558 g/mol. The molecule has 1 saturated heterocycles. The smallest absolute Gasteiger partial charge is 0.297 e. The molecule has 0 spiro atoms. The lowest BCUT2D eigenvalue weighted by atomic mass is 9.88. The fourth-order valence-electron chi connectivity index (χ4n) is 4.62. The summed E-state index contributed by atoms with van der Waals surface area (Å²) >= 11 is 2.55. The molecule has 3 heterocycles. The van der Waals surface area contributed by atoms with Crippen molar-refractivity contribution in [3.05, 3.63) is 107 Å². The molecular weight excluding hydrogens is 537 g/mol. The standard InChI is InChI=1S/C29H20FN3O4S2/c1-16-10-12-17(13-11-16)15-38-29-32-31-28(39-29)33-24(19-7-3-4-8-20(19)30)23(26(35)27(33)36)25(34)22-14-18-6-2-5-9-21(18)37-22/h2-14,23-24H,15H2,1H3. The molecular formula is C29H20FN3O4S2. The summed E-state index contributed by atoms with van der Waals surface area (Å²) in [5, 5.41) is 9.14. The zero-order chi connectivity index (χ0) is 27.1. The summed E-state index contributed by atoms with van der Waals surface area (Å²) in [5.74, 6) is -4.18. The van der Waals surface area contributed by atoms with Gasteiger partial charge < -0.3 is 4.42 Å². The molecule has 3 aromatic carbocycles. The Morgan fingerprint density at radius 3 is 2.54 bits per heavy atom. The molecule has 0 N–H and O–H groups in total. The molecule has 0 bridgehead atoms. The molecule has 7 nitrogen and oxygen atoms in total. The maximum atomic E-state index is 15.1. The molecule has 5 aromatic rings. The van der Waals surface area contributed by atoms with Gasteiger partial charge in [0.05, 0.1) is 6.04 Å². The van der Waals surface area contributed by atoms with E-state index in [1.165, 1.54) is 36.0 Å². The van der Waals surface area contributed by atoms with Gasteiger partial charge in [0, 0.05) is 16.7 Å². The minimum absolute atomic E-state index is 0.0372. The number of aryl methyl sites for hydroxylation is 1. The number of furan rings is 1. The number of carbonyl (C=O) groups is 3. The summed E-state index contributed by atoms with van der Waals surface area (Å²) in [7, 11) is 0. The molecule has 2 aromatic heterocycles. The summed E-state index contributed by atoms with van der Waals surface area (Å²) in [6.07, 6.45) is 0. The first-order valence-corrected chi connectivity index (χ1v) is 13.9. The van der Waals surface area contributed by atoms with Crippen molar-refractivity contribution < 1.29 is 23.2 Å². The zero-order valence-electron chi connectivity index (χ0n) is 20.5. The van der Waals surface area contributed by atoms with E-state index in [1.807, 2.05) is 31.2 Å². The van der Waals surface area contributed by atoms with Crippen LogP contribution in [0.25, 0.3) is 11.0 Å². The Morgan fingerprint density at radius 1 is 1.03 bits per heavy atom. The lowest BCUT2D eigenvalue weighted by Gasteiger charge is -2.24. The molecule has 10 heteroatoms. The SMILES string of the molecule is Cc1ccc(CSc2nnc(N3C(=O)C(=O)C(C(=O)c4cc5ccccc5o4)C3c3ccccc3F)s2)cc1. The molecule has 6 rings (SSSR count). The van der Waals surface area contributed by atoms with Crippen LogP contribution in [0.2, 0.25) is 0 Å². The second-order valence-corrected chi connectivity index (χ2v) is 11.3. The normalized spacial score (nSPS) is 17.3. The number of fused-ring (bicyclic) bond motifs is 1. The third kappa shape index (κ3) is 4.66. The van der Waals surface area contributed by atoms with Gasteiger partial charge in [0.2, 0.25) is 16.7 Å². The van der Waals surface area contributed by atoms with E-state index in [-0.39, 0.29) is 16.5 Å². The van der Waals surface area contributed by atoms with Gasteiger partial charge in [-0.1, -0.05) is 89.3 Å². The number of halogens is 1. The Hall–Kier alpha value is -4.15. The van der Waals surface area contributed by atoms with Crippen molar-refractivity contribution in [1.29, 1.82) is 0 Å². The number of thioether (sulfide) groups is 1. The van der Waals surface area contributed by atoms with Crippen molar-refractivity contribution in [2.45, 2.75) is 23.1 Å². The van der Waals surface area contributed by atoms with Crippen LogP contribution in [0.5, 0.6) is 0 Å². The van der Waals surface area contributed by atoms with Gasteiger partial charge in [-0.25, -0.2) is 4.39 Å². The van der Waals surface area contributed by atoms with Crippen molar-refractivity contribution in [2.75, 3.05) is 4.90 Å². The van der Waals surface area contributed by atoms with E-state index in [0.717, 1.165) is 27.4 Å². The van der Waals surface area contributed by atoms with Gasteiger partial charge in [-0.3, -0.25) is 19.3 Å². The van der Waals surface area contributed by atoms with Crippen LogP contribution < -0.4 is 4.90 Å². The van der Waals surface area contributed by atoms with Crippen LogP contribution in [0, 0.1) is 18.7 Å². The molecule has 2 atom stereocenters. The van der Waals surface area contributed by atoms with Crippen LogP contribution in [-0.2, 0) is 15.3 Å². The molecule has 1 amide bonds. The van der Waals surface area contributed by atoms with Crippen LogP contribution >= 0.6 is 23.1 Å². The van der Waals surface area contributed by atoms with Gasteiger partial charge in [0.15, 0.2) is 10.1 Å². The second-order valence-electron chi connectivity index (χ2n) is 9.12. The van der Waals surface area contributed by atoms with E-state index >= 15 is 4.39 Å². The van der Waals surface area contributed by atoms with Gasteiger partial charge in [-0.05, 0) is 30.7 Å². The molecule has 0 aliphatic carbocycles. The Kier molecular flexibility index (Phi) is 6.58. The summed E-state index contributed by atoms with van der Waals surface area (Å²) < 4.78 is 21.4. The van der Waals surface area contributed by atoms with Crippen LogP contribution in [0.15, 0.2) is 87.6 Å². The molecule has 1 aliphatic heterocycles. The summed E-state index contributed by atoms with van der Waals surface area (Å²) in [5.41, 5.74) is 2.76. The molecule has 0 radical (unpaired) electrons. The molecule has 39 heavy (non-hydrogen) atoms. The first-order chi connectivity index (χ1) is 18.9. The van der Waals surface area contributed by atoms with E-state index < -0.39 is 35.3 Å². The Balaban J connectivity index is 1.36. The molecule has 1 aliphatic rings. The fourth-order valence-corrected chi connectivity index (χ4v) is 6.45. The van der Waals surface area contributed by atoms with Crippen molar-refractivity contribution in [2.24, 2.45) is 5.92 Å². The van der Waals surface area contributed by atoms with Gasteiger partial charge in [-0.2, -0.15) is 0 Å². The third-order valence-electron chi connectivity index (χ3n) is 6.57. The second kappa shape index (κ2) is 10.2. The Bertz CT molecular complexity index is 1700. The lowest BCUT2D eigenvalue weighted by Crippen LogP contribution is -2.31. The Labute approximate surface area is 230 Å². The van der Waals surface area contributed by atoms with E-state index in [9.17, 15) is 14.4 Å². The number of anilines is 1. The number of carbonyl (C=O) groups excluding carboxylic acids is 3. The van der Waals surface area contributed by atoms with Crippen molar-refractivity contribution in [3.8, 4) is 0 Å². The summed E-state index contributed by atoms with van der Waals surface area (Å²) in [6, 6.07) is 21.2. The van der Waals surface area contributed by atoms with Crippen molar-refractivity contribution >= 4 is 56.7 Å². The Morgan fingerprint density at radius 2 is 1.77 bits per heavy atom. The van der Waals surface area contributed by atoms with Crippen LogP contribution in [0.4, 0.5) is 9.52 Å². The van der Waals surface area contributed by atoms with Crippen LogP contribution in [0.3, 0.4) is 0 Å². The van der Waals surface area contributed by atoms with Crippen LogP contribution in [0.1, 0.15) is 33.3 Å². The van der Waals surface area contributed by atoms with Gasteiger partial charge >= 0.3 is 0 Å². The van der Waals surface area contributed by atoms with Gasteiger partial charge in [-0.15, -0.1) is 10.2 Å². The number of aromatic nitrogens is 2. The number of benzene rings is 3.